The lowest BCUT2D eigenvalue weighted by Gasteiger charge is -2.23. The van der Waals surface area contributed by atoms with E-state index >= 15 is 0 Å². The van der Waals surface area contributed by atoms with Crippen LogP contribution in [0.25, 0.3) is 0 Å². The van der Waals surface area contributed by atoms with E-state index in [2.05, 4.69) is 26.0 Å². The van der Waals surface area contributed by atoms with E-state index < -0.39 is 0 Å². The van der Waals surface area contributed by atoms with Crippen molar-refractivity contribution in [3.8, 4) is 0 Å². The van der Waals surface area contributed by atoms with Crippen LogP contribution in [-0.2, 0) is 0 Å². The number of fused-ring (bicyclic) bond motifs is 1. The minimum Gasteiger partial charge on any atom is -0.396 e. The monoisotopic (exact) mass is 287 g/mol. The van der Waals surface area contributed by atoms with Gasteiger partial charge in [0.1, 0.15) is 0 Å². The summed E-state index contributed by atoms with van der Waals surface area (Å²) < 4.78 is 0. The molecule has 1 heterocycles. The molecule has 2 heteroatoms. The first-order chi connectivity index (χ1) is 10.2. The summed E-state index contributed by atoms with van der Waals surface area (Å²) in [5, 5.41) is 9.51. The topological polar surface area (TPSA) is 32.6 Å². The van der Waals surface area contributed by atoms with Gasteiger partial charge in [-0.2, -0.15) is 0 Å². The SMILES string of the molecule is CCCCC1C=C2N=C(C)C=C(CCC3(CO)CC3)C2C1. The Morgan fingerprint density at radius 3 is 2.86 bits per heavy atom. The second kappa shape index (κ2) is 6.08. The number of hydrogen-bond acceptors (Lipinski definition) is 2. The maximum Gasteiger partial charge on any atom is 0.0487 e. The van der Waals surface area contributed by atoms with Crippen molar-refractivity contribution in [1.82, 2.24) is 0 Å². The van der Waals surface area contributed by atoms with Gasteiger partial charge in [-0.15, -0.1) is 0 Å². The smallest absolute Gasteiger partial charge is 0.0487 e. The average Bonchev–Trinajstić information content (AvgIpc) is 3.15. The molecule has 21 heavy (non-hydrogen) atoms. The Balaban J connectivity index is 1.65. The highest BCUT2D eigenvalue weighted by Crippen LogP contribution is 2.51. The molecular weight excluding hydrogens is 258 g/mol. The van der Waals surface area contributed by atoms with Gasteiger partial charge in [0.2, 0.25) is 0 Å². The molecule has 2 atom stereocenters. The molecule has 1 aliphatic heterocycles. The lowest BCUT2D eigenvalue weighted by molar-refractivity contribution is 0.202. The molecule has 1 N–H and O–H groups in total. The third-order valence-corrected chi connectivity index (χ3v) is 5.61. The molecule has 0 saturated heterocycles. The van der Waals surface area contributed by atoms with Crippen LogP contribution in [0.2, 0.25) is 0 Å². The second-order valence-corrected chi connectivity index (χ2v) is 7.41. The summed E-state index contributed by atoms with van der Waals surface area (Å²) >= 11 is 0. The van der Waals surface area contributed by atoms with Crippen molar-refractivity contribution < 1.29 is 5.11 Å². The number of dihydropyridines is 1. The van der Waals surface area contributed by atoms with Gasteiger partial charge in [0.05, 0.1) is 0 Å². The van der Waals surface area contributed by atoms with Gasteiger partial charge >= 0.3 is 0 Å². The predicted octanol–water partition coefficient (Wildman–Crippen LogP) is 4.65. The quantitative estimate of drug-likeness (QED) is 0.726. The van der Waals surface area contributed by atoms with Gasteiger partial charge in [-0.25, -0.2) is 0 Å². The first-order valence-electron chi connectivity index (χ1n) is 8.74. The molecule has 0 aromatic heterocycles. The van der Waals surface area contributed by atoms with Crippen LogP contribution in [0.15, 0.2) is 28.4 Å². The molecule has 1 saturated carbocycles. The first kappa shape index (κ1) is 15.0. The number of aliphatic hydroxyl groups excluding tert-OH is 1. The number of nitrogens with zero attached hydrogens (tertiary/aromatic N) is 1. The zero-order valence-electron chi connectivity index (χ0n) is 13.6. The molecule has 0 aromatic carbocycles. The van der Waals surface area contributed by atoms with Crippen LogP contribution < -0.4 is 0 Å². The van der Waals surface area contributed by atoms with Crippen LogP contribution >= 0.6 is 0 Å². The lowest BCUT2D eigenvalue weighted by atomic mass is 9.85. The number of rotatable bonds is 7. The zero-order chi connectivity index (χ0) is 14.9. The summed E-state index contributed by atoms with van der Waals surface area (Å²) in [6.07, 6.45) is 14.7. The number of aliphatic hydroxyl groups is 1. The molecule has 116 valence electrons. The highest BCUT2D eigenvalue weighted by Gasteiger charge is 2.42. The fourth-order valence-electron chi connectivity index (χ4n) is 3.90. The Morgan fingerprint density at radius 1 is 1.38 bits per heavy atom. The van der Waals surface area contributed by atoms with Gasteiger partial charge in [0.25, 0.3) is 0 Å². The molecule has 3 rings (SSSR count). The van der Waals surface area contributed by atoms with Crippen LogP contribution in [0.5, 0.6) is 0 Å². The summed E-state index contributed by atoms with van der Waals surface area (Å²) in [6.45, 7) is 4.77. The maximum absolute atomic E-state index is 9.51. The van der Waals surface area contributed by atoms with Crippen LogP contribution in [0.4, 0.5) is 0 Å². The van der Waals surface area contributed by atoms with Crippen molar-refractivity contribution >= 4 is 5.71 Å². The molecule has 0 spiro atoms. The maximum atomic E-state index is 9.51. The summed E-state index contributed by atoms with van der Waals surface area (Å²) in [7, 11) is 0. The molecule has 1 fully saturated rings. The highest BCUT2D eigenvalue weighted by atomic mass is 16.3. The fourth-order valence-corrected chi connectivity index (χ4v) is 3.90. The van der Waals surface area contributed by atoms with E-state index in [9.17, 15) is 5.11 Å². The summed E-state index contributed by atoms with van der Waals surface area (Å²) in [6, 6.07) is 0. The van der Waals surface area contributed by atoms with E-state index in [1.807, 2.05) is 0 Å². The van der Waals surface area contributed by atoms with E-state index in [0.29, 0.717) is 12.5 Å². The minimum atomic E-state index is 0.271. The highest BCUT2D eigenvalue weighted by molar-refractivity contribution is 5.95. The fraction of sp³-hybridized carbons (Fsp3) is 0.737. The van der Waals surface area contributed by atoms with E-state index in [1.54, 1.807) is 5.57 Å². The Hall–Kier alpha value is -0.890. The number of allylic oxidation sites excluding steroid dienone is 3. The van der Waals surface area contributed by atoms with Gasteiger partial charge in [-0.3, -0.25) is 4.99 Å². The third-order valence-electron chi connectivity index (χ3n) is 5.61. The molecule has 0 aromatic rings. The average molecular weight is 287 g/mol. The zero-order valence-corrected chi connectivity index (χ0v) is 13.6. The number of aliphatic imine (C=N–C) groups is 1. The second-order valence-electron chi connectivity index (χ2n) is 7.41. The van der Waals surface area contributed by atoms with Gasteiger partial charge in [-0.05, 0) is 62.9 Å². The molecule has 3 aliphatic rings. The number of unbranched alkanes of at least 4 members (excludes halogenated alkanes) is 1. The van der Waals surface area contributed by atoms with E-state index in [1.165, 1.54) is 44.2 Å². The van der Waals surface area contributed by atoms with E-state index in [-0.39, 0.29) is 5.41 Å². The van der Waals surface area contributed by atoms with Gasteiger partial charge in [0.15, 0.2) is 0 Å². The predicted molar refractivity (Wildman–Crippen MR) is 88.4 cm³/mol. The molecule has 2 unspecified atom stereocenters. The van der Waals surface area contributed by atoms with E-state index in [0.717, 1.165) is 24.5 Å². The van der Waals surface area contributed by atoms with Crippen molar-refractivity contribution in [3.05, 3.63) is 23.4 Å². The molecule has 0 bridgehead atoms. The Morgan fingerprint density at radius 2 is 2.19 bits per heavy atom. The molecule has 2 nitrogen and oxygen atoms in total. The Kier molecular flexibility index (Phi) is 4.35. The summed E-state index contributed by atoms with van der Waals surface area (Å²) in [5.41, 5.74) is 4.35. The van der Waals surface area contributed by atoms with Crippen molar-refractivity contribution in [3.63, 3.8) is 0 Å². The number of hydrogen-bond donors (Lipinski definition) is 1. The van der Waals surface area contributed by atoms with Gasteiger partial charge < -0.3 is 5.11 Å². The van der Waals surface area contributed by atoms with Crippen molar-refractivity contribution in [1.29, 1.82) is 0 Å². The van der Waals surface area contributed by atoms with Gasteiger partial charge in [-0.1, -0.05) is 31.4 Å². The Bertz CT molecular complexity index is 482. The Labute approximate surface area is 129 Å². The lowest BCUT2D eigenvalue weighted by Crippen LogP contribution is -2.14. The summed E-state index contributed by atoms with van der Waals surface area (Å²) in [5.74, 6) is 1.31. The normalized spacial score (nSPS) is 29.6. The van der Waals surface area contributed by atoms with E-state index in [4.69, 9.17) is 4.99 Å². The van der Waals surface area contributed by atoms with Gasteiger partial charge in [0, 0.05) is 23.9 Å². The molecule has 0 amide bonds. The van der Waals surface area contributed by atoms with Crippen molar-refractivity contribution in [2.75, 3.05) is 6.61 Å². The standard InChI is InChI=1S/C19H29NO/c1-3-4-5-15-11-17-16(6-7-19(13-21)8-9-19)10-14(2)20-18(17)12-15/h10,12,15,17,21H,3-9,11,13H2,1-2H3. The molecular formula is C19H29NO. The van der Waals surface area contributed by atoms with Crippen LogP contribution in [0, 0.1) is 17.3 Å². The summed E-state index contributed by atoms with van der Waals surface area (Å²) in [4.78, 5) is 4.78. The van der Waals surface area contributed by atoms with Crippen LogP contribution in [-0.4, -0.2) is 17.4 Å². The van der Waals surface area contributed by atoms with Crippen molar-refractivity contribution in [2.24, 2.45) is 22.2 Å². The largest absolute Gasteiger partial charge is 0.396 e. The van der Waals surface area contributed by atoms with Crippen LogP contribution in [0.3, 0.4) is 0 Å². The molecule has 2 aliphatic carbocycles. The third kappa shape index (κ3) is 3.31. The van der Waals surface area contributed by atoms with Crippen LogP contribution in [0.1, 0.15) is 65.2 Å². The molecule has 0 radical (unpaired) electrons. The minimum absolute atomic E-state index is 0.271. The first-order valence-corrected chi connectivity index (χ1v) is 8.74. The van der Waals surface area contributed by atoms with Crippen molar-refractivity contribution in [2.45, 2.75) is 65.2 Å².